The highest BCUT2D eigenvalue weighted by Crippen LogP contribution is 2.22. The van der Waals surface area contributed by atoms with Gasteiger partial charge >= 0.3 is 5.97 Å². The summed E-state index contributed by atoms with van der Waals surface area (Å²) in [6, 6.07) is 0. The van der Waals surface area contributed by atoms with Crippen LogP contribution in [0.3, 0.4) is 0 Å². The molecule has 0 aliphatic rings. The number of ether oxygens (including phenoxy) is 1. The lowest BCUT2D eigenvalue weighted by molar-refractivity contribution is -0.149. The number of esters is 1. The zero-order valence-corrected chi connectivity index (χ0v) is 12.4. The number of hydrogen-bond acceptors (Lipinski definition) is 4. The highest BCUT2D eigenvalue weighted by molar-refractivity contribution is 7.99. The molecular weight excluding hydrogens is 234 g/mol. The number of thioether (sulfide) groups is 1. The minimum Gasteiger partial charge on any atom is -0.465 e. The van der Waals surface area contributed by atoms with Gasteiger partial charge in [0.15, 0.2) is 0 Å². The summed E-state index contributed by atoms with van der Waals surface area (Å²) in [6.07, 6.45) is 4.43. The molecule has 0 bridgehead atoms. The summed E-state index contributed by atoms with van der Waals surface area (Å²) in [6.45, 7) is 8.28. The number of unbranched alkanes of at least 4 members (excludes halogenated alkanes) is 2. The maximum absolute atomic E-state index is 11.6. The average Bonchev–Trinajstić information content (AvgIpc) is 2.24. The lowest BCUT2D eigenvalue weighted by atomic mass is 9.98. The van der Waals surface area contributed by atoms with Gasteiger partial charge in [-0.25, -0.2) is 0 Å². The number of nitrogens with two attached hydrogens (primary N) is 1. The maximum atomic E-state index is 11.6. The van der Waals surface area contributed by atoms with Crippen LogP contribution < -0.4 is 5.73 Å². The number of carbonyl (C=O) groups is 1. The van der Waals surface area contributed by atoms with Crippen molar-refractivity contribution in [2.24, 2.45) is 5.73 Å². The van der Waals surface area contributed by atoms with Crippen molar-refractivity contribution in [1.82, 2.24) is 0 Å². The molecule has 0 radical (unpaired) electrons. The molecule has 0 amide bonds. The quantitative estimate of drug-likeness (QED) is 0.512. The van der Waals surface area contributed by atoms with E-state index in [1.165, 1.54) is 19.3 Å². The zero-order valence-electron chi connectivity index (χ0n) is 11.6. The van der Waals surface area contributed by atoms with E-state index in [1.54, 1.807) is 13.8 Å². The Balaban J connectivity index is 3.91. The van der Waals surface area contributed by atoms with Crippen LogP contribution in [0.4, 0.5) is 0 Å². The minimum absolute atomic E-state index is 0.291. The van der Waals surface area contributed by atoms with Crippen molar-refractivity contribution < 1.29 is 9.53 Å². The molecular formula is C13H27NO2S. The van der Waals surface area contributed by atoms with Crippen molar-refractivity contribution in [3.63, 3.8) is 0 Å². The Bertz CT molecular complexity index is 219. The Morgan fingerprint density at radius 3 is 2.59 bits per heavy atom. The second-order valence-corrected chi connectivity index (χ2v) is 6.28. The largest absolute Gasteiger partial charge is 0.465 e. The highest BCUT2D eigenvalue weighted by atomic mass is 32.2. The first-order valence-electron chi connectivity index (χ1n) is 6.51. The third-order valence-corrected chi connectivity index (χ3v) is 3.86. The van der Waals surface area contributed by atoms with Crippen molar-refractivity contribution in [1.29, 1.82) is 0 Å². The third kappa shape index (κ3) is 7.66. The van der Waals surface area contributed by atoms with Gasteiger partial charge in [-0.2, -0.15) is 11.8 Å². The standard InChI is InChI=1S/C13H27NO2S/c1-5-7-8-9-17-11(3)10-13(4,14)12(15)16-6-2/h11H,5-10,14H2,1-4H3. The van der Waals surface area contributed by atoms with E-state index in [0.29, 0.717) is 18.3 Å². The molecule has 2 atom stereocenters. The van der Waals surface area contributed by atoms with Crippen molar-refractivity contribution in [2.45, 2.75) is 64.2 Å². The summed E-state index contributed by atoms with van der Waals surface area (Å²) < 4.78 is 4.98. The summed E-state index contributed by atoms with van der Waals surface area (Å²) in [5.41, 5.74) is 5.14. The molecule has 2 unspecified atom stereocenters. The lowest BCUT2D eigenvalue weighted by Crippen LogP contribution is -2.47. The van der Waals surface area contributed by atoms with Gasteiger partial charge in [0.25, 0.3) is 0 Å². The Kier molecular flexibility index (Phi) is 8.70. The molecule has 0 rings (SSSR count). The van der Waals surface area contributed by atoms with Gasteiger partial charge < -0.3 is 10.5 Å². The van der Waals surface area contributed by atoms with Crippen LogP contribution in [-0.2, 0) is 9.53 Å². The van der Waals surface area contributed by atoms with Crippen LogP contribution in [0, 0.1) is 0 Å². The van der Waals surface area contributed by atoms with Crippen molar-refractivity contribution >= 4 is 17.7 Å². The molecule has 0 aromatic rings. The SMILES string of the molecule is CCCCCSC(C)CC(C)(N)C(=O)OCC. The second-order valence-electron chi connectivity index (χ2n) is 4.73. The Morgan fingerprint density at radius 2 is 2.06 bits per heavy atom. The van der Waals surface area contributed by atoms with Crippen LogP contribution >= 0.6 is 11.8 Å². The summed E-state index contributed by atoms with van der Waals surface area (Å²) in [7, 11) is 0. The number of hydrogen-bond donors (Lipinski definition) is 1. The maximum Gasteiger partial charge on any atom is 0.325 e. The van der Waals surface area contributed by atoms with Crippen LogP contribution in [0.5, 0.6) is 0 Å². The fourth-order valence-corrected chi connectivity index (χ4v) is 2.91. The van der Waals surface area contributed by atoms with Crippen LogP contribution in [0.1, 0.15) is 53.4 Å². The summed E-state index contributed by atoms with van der Waals surface area (Å²) in [4.78, 5) is 11.6. The Hall–Kier alpha value is -0.220. The molecule has 0 aliphatic heterocycles. The highest BCUT2D eigenvalue weighted by Gasteiger charge is 2.31. The zero-order chi connectivity index (χ0) is 13.3. The molecule has 0 aliphatic carbocycles. The van der Waals surface area contributed by atoms with E-state index in [0.717, 1.165) is 5.75 Å². The molecule has 0 saturated carbocycles. The molecule has 0 aromatic heterocycles. The minimum atomic E-state index is -0.854. The smallest absolute Gasteiger partial charge is 0.325 e. The molecule has 3 nitrogen and oxygen atoms in total. The van der Waals surface area contributed by atoms with E-state index in [-0.39, 0.29) is 5.97 Å². The fourth-order valence-electron chi connectivity index (χ4n) is 1.67. The predicted molar refractivity (Wildman–Crippen MR) is 75.3 cm³/mol. The van der Waals surface area contributed by atoms with Crippen molar-refractivity contribution in [2.75, 3.05) is 12.4 Å². The topological polar surface area (TPSA) is 52.3 Å². The number of carbonyl (C=O) groups excluding carboxylic acids is 1. The van der Waals surface area contributed by atoms with Gasteiger partial charge in [0.1, 0.15) is 5.54 Å². The normalized spacial score (nSPS) is 16.3. The lowest BCUT2D eigenvalue weighted by Gasteiger charge is -2.25. The third-order valence-electron chi connectivity index (χ3n) is 2.60. The first-order valence-corrected chi connectivity index (χ1v) is 7.56. The van der Waals surface area contributed by atoms with E-state index in [9.17, 15) is 4.79 Å². The Morgan fingerprint density at radius 1 is 1.41 bits per heavy atom. The fraction of sp³-hybridized carbons (Fsp3) is 0.923. The van der Waals surface area contributed by atoms with Gasteiger partial charge in [0.05, 0.1) is 6.61 Å². The van der Waals surface area contributed by atoms with E-state index in [2.05, 4.69) is 13.8 Å². The first kappa shape index (κ1) is 16.8. The van der Waals surface area contributed by atoms with E-state index in [1.807, 2.05) is 11.8 Å². The van der Waals surface area contributed by atoms with E-state index in [4.69, 9.17) is 10.5 Å². The van der Waals surface area contributed by atoms with Gasteiger partial charge in [-0.05, 0) is 32.4 Å². The molecule has 0 saturated heterocycles. The molecule has 17 heavy (non-hydrogen) atoms. The van der Waals surface area contributed by atoms with Crippen LogP contribution in [-0.4, -0.2) is 29.1 Å². The molecule has 2 N–H and O–H groups in total. The van der Waals surface area contributed by atoms with E-state index >= 15 is 0 Å². The summed E-state index contributed by atoms with van der Waals surface area (Å²) in [5, 5.41) is 0.395. The van der Waals surface area contributed by atoms with Gasteiger partial charge in [0.2, 0.25) is 0 Å². The van der Waals surface area contributed by atoms with Crippen LogP contribution in [0.2, 0.25) is 0 Å². The van der Waals surface area contributed by atoms with Crippen molar-refractivity contribution in [3.05, 3.63) is 0 Å². The summed E-state index contributed by atoms with van der Waals surface area (Å²) >= 11 is 1.89. The predicted octanol–water partition coefficient (Wildman–Crippen LogP) is 2.97. The summed E-state index contributed by atoms with van der Waals surface area (Å²) in [5.74, 6) is 0.856. The van der Waals surface area contributed by atoms with Gasteiger partial charge in [-0.3, -0.25) is 4.79 Å². The molecule has 0 spiro atoms. The van der Waals surface area contributed by atoms with Gasteiger partial charge in [-0.1, -0.05) is 26.7 Å². The number of rotatable bonds is 9. The average molecular weight is 261 g/mol. The monoisotopic (exact) mass is 261 g/mol. The molecule has 0 aromatic carbocycles. The van der Waals surface area contributed by atoms with E-state index < -0.39 is 5.54 Å². The molecule has 102 valence electrons. The first-order chi connectivity index (χ1) is 7.94. The molecule has 4 heteroatoms. The Labute approximate surface area is 110 Å². The molecule has 0 fully saturated rings. The van der Waals surface area contributed by atoms with Crippen LogP contribution in [0.15, 0.2) is 0 Å². The molecule has 0 heterocycles. The van der Waals surface area contributed by atoms with Crippen LogP contribution in [0.25, 0.3) is 0 Å². The van der Waals surface area contributed by atoms with Gasteiger partial charge in [-0.15, -0.1) is 0 Å². The van der Waals surface area contributed by atoms with Gasteiger partial charge in [0, 0.05) is 5.25 Å². The second kappa shape index (κ2) is 8.81. The van der Waals surface area contributed by atoms with Crippen molar-refractivity contribution in [3.8, 4) is 0 Å².